The molecule has 0 aliphatic heterocycles. The highest BCUT2D eigenvalue weighted by molar-refractivity contribution is 6.13. The number of aromatic nitrogens is 5. The number of nitriles is 1. The van der Waals surface area contributed by atoms with E-state index in [1.165, 1.54) is 12.1 Å². The van der Waals surface area contributed by atoms with Crippen molar-refractivity contribution in [3.63, 3.8) is 0 Å². The molecule has 0 unspecified atom stereocenters. The Morgan fingerprint density at radius 3 is 1.09 bits per heavy atom. The van der Waals surface area contributed by atoms with Gasteiger partial charge in [0.25, 0.3) is 0 Å². The molecule has 86 heavy (non-hydrogen) atoms. The minimum atomic E-state index is -4.70. The van der Waals surface area contributed by atoms with Gasteiger partial charge in [-0.25, -0.2) is 15.0 Å². The second kappa shape index (κ2) is 21.1. The molecule has 0 saturated heterocycles. The van der Waals surface area contributed by atoms with Gasteiger partial charge in [-0.3, -0.25) is 0 Å². The van der Waals surface area contributed by atoms with Gasteiger partial charge in [0.05, 0.1) is 50.6 Å². The minimum absolute atomic E-state index is 0.158. The Morgan fingerprint density at radius 2 is 0.663 bits per heavy atom. The van der Waals surface area contributed by atoms with E-state index < -0.39 is 11.7 Å². The van der Waals surface area contributed by atoms with Gasteiger partial charge >= 0.3 is 6.18 Å². The fourth-order valence-corrected chi connectivity index (χ4v) is 12.1. The van der Waals surface area contributed by atoms with Crippen molar-refractivity contribution in [2.45, 2.75) is 6.18 Å². The van der Waals surface area contributed by atoms with Gasteiger partial charge in [0, 0.05) is 38.2 Å². The van der Waals surface area contributed by atoms with Gasteiger partial charge in [-0.05, 0) is 141 Å². The molecule has 0 spiro atoms. The minimum Gasteiger partial charge on any atom is -0.308 e. The van der Waals surface area contributed by atoms with E-state index in [4.69, 9.17) is 15.0 Å². The van der Waals surface area contributed by atoms with E-state index in [0.29, 0.717) is 44.7 Å². The third-order valence-electron chi connectivity index (χ3n) is 16.3. The van der Waals surface area contributed by atoms with Crippen LogP contribution in [0, 0.1) is 11.3 Å². The molecule has 6 nitrogen and oxygen atoms in total. The van der Waals surface area contributed by atoms with Crippen LogP contribution in [0.3, 0.4) is 0 Å². The van der Waals surface area contributed by atoms with E-state index in [0.717, 1.165) is 94.4 Å². The molecule has 0 atom stereocenters. The summed E-state index contributed by atoms with van der Waals surface area (Å²) in [4.78, 5) is 16.0. The molecule has 3 heterocycles. The summed E-state index contributed by atoms with van der Waals surface area (Å²) in [5, 5.41) is 14.3. The molecule has 15 aromatic rings. The molecule has 0 bridgehead atoms. The van der Waals surface area contributed by atoms with E-state index >= 15 is 13.2 Å². The molecule has 0 fully saturated rings. The zero-order valence-corrected chi connectivity index (χ0v) is 46.0. The number of alkyl halides is 3. The van der Waals surface area contributed by atoms with Crippen LogP contribution in [0.4, 0.5) is 13.2 Å². The van der Waals surface area contributed by atoms with Crippen LogP contribution >= 0.6 is 0 Å². The second-order valence-corrected chi connectivity index (χ2v) is 21.4. The average molecular weight is 1110 g/mol. The number of benzene rings is 12. The van der Waals surface area contributed by atoms with Crippen LogP contribution in [-0.2, 0) is 6.18 Å². The number of halogens is 3. The summed E-state index contributed by atoms with van der Waals surface area (Å²) in [6, 6.07) is 95.5. The monoisotopic (exact) mass is 1110 g/mol. The molecule has 0 aliphatic carbocycles. The predicted molar refractivity (Wildman–Crippen MR) is 342 cm³/mol. The van der Waals surface area contributed by atoms with Gasteiger partial charge in [0.1, 0.15) is 0 Å². The lowest BCUT2D eigenvalue weighted by Crippen LogP contribution is -2.09. The lowest BCUT2D eigenvalue weighted by Gasteiger charge is -2.19. The van der Waals surface area contributed by atoms with Gasteiger partial charge in [-0.1, -0.05) is 200 Å². The van der Waals surface area contributed by atoms with Gasteiger partial charge in [0.15, 0.2) is 17.5 Å². The molecule has 12 aromatic carbocycles. The Bertz CT molecular complexity index is 4950. The maximum atomic E-state index is 15.4. The topological polar surface area (TPSA) is 72.3 Å². The van der Waals surface area contributed by atoms with Gasteiger partial charge in [-0.2, -0.15) is 18.4 Å². The Hall–Kier alpha value is -11.5. The summed E-state index contributed by atoms with van der Waals surface area (Å²) < 4.78 is 50.4. The maximum Gasteiger partial charge on any atom is 0.416 e. The Labute approximate surface area is 493 Å². The quantitative estimate of drug-likeness (QED) is 0.137. The summed E-state index contributed by atoms with van der Waals surface area (Å²) in [5.74, 6) is 0.741. The predicted octanol–water partition coefficient (Wildman–Crippen LogP) is 20.3. The van der Waals surface area contributed by atoms with Crippen molar-refractivity contribution in [2.24, 2.45) is 0 Å². The first kappa shape index (κ1) is 51.4. The van der Waals surface area contributed by atoms with Crippen LogP contribution < -0.4 is 0 Å². The summed E-state index contributed by atoms with van der Waals surface area (Å²) in [6.07, 6.45) is -4.70. The van der Waals surface area contributed by atoms with Crippen LogP contribution in [0.15, 0.2) is 285 Å². The maximum absolute atomic E-state index is 15.4. The van der Waals surface area contributed by atoms with E-state index in [1.54, 1.807) is 6.07 Å². The number of fused-ring (bicyclic) bond motifs is 6. The first-order valence-corrected chi connectivity index (χ1v) is 28.3. The number of nitrogens with zero attached hydrogens (tertiary/aromatic N) is 6. The highest BCUT2D eigenvalue weighted by Crippen LogP contribution is 2.45. The van der Waals surface area contributed by atoms with Crippen LogP contribution in [-0.4, -0.2) is 24.1 Å². The largest absolute Gasteiger partial charge is 0.416 e. The molecule has 15 rings (SSSR count). The Balaban J connectivity index is 1.02. The molecule has 0 aliphatic rings. The van der Waals surface area contributed by atoms with Crippen molar-refractivity contribution in [3.8, 4) is 107 Å². The van der Waals surface area contributed by atoms with E-state index in [9.17, 15) is 5.26 Å². The fraction of sp³-hybridized carbons (Fsp3) is 0.0130. The second-order valence-electron chi connectivity index (χ2n) is 21.4. The van der Waals surface area contributed by atoms with Gasteiger partial charge < -0.3 is 9.13 Å². The lowest BCUT2D eigenvalue weighted by atomic mass is 9.97. The van der Waals surface area contributed by atoms with Crippen LogP contribution in [0.25, 0.3) is 145 Å². The number of hydrogen-bond acceptors (Lipinski definition) is 4. The van der Waals surface area contributed by atoms with Crippen molar-refractivity contribution in [1.82, 2.24) is 24.1 Å². The first-order chi connectivity index (χ1) is 42.2. The lowest BCUT2D eigenvalue weighted by molar-refractivity contribution is -0.137. The zero-order chi connectivity index (χ0) is 57.9. The third-order valence-corrected chi connectivity index (χ3v) is 16.3. The van der Waals surface area contributed by atoms with E-state index in [-0.39, 0.29) is 17.3 Å². The normalized spacial score (nSPS) is 11.7. The molecule has 9 heteroatoms. The SMILES string of the molecule is N#Cc1ccccc1-c1ccc(-n2c3ccc(-c4ccccc4)cc3c3cc(-c4ccccc4)ccc32)c(-c2nc(-c3ccccc3)nc(-c3ccc(C(F)(F)F)cc3-n3c4ccc(-c5ccccc5)cc4c4cc(-c5ccccc5)ccc43)n2)c1. The standard InChI is InChI=1S/C77H47F3N6/c78-77(79,80)60-35-36-62(73(47-60)86-70-39-32-56(51-22-10-3-11-23-51)44-65(70)66-45-57(33-40-71(66)86)52-24-12-4-13-25-52)75-82-74(53-26-14-5-15-27-53)83-76(84-75)67-46-58(61-29-17-16-28-59(61)48-81)34-41-72(67)85-68-37-30-54(49-18-6-1-7-19-49)42-63(68)64-43-55(31-38-69(64)85)50-20-8-2-9-21-50/h1-47H. The molecule has 406 valence electrons. The summed E-state index contributed by atoms with van der Waals surface area (Å²) >= 11 is 0. The molecular weight excluding hydrogens is 1070 g/mol. The summed E-state index contributed by atoms with van der Waals surface area (Å²) in [5.41, 5.74) is 15.2. The van der Waals surface area contributed by atoms with E-state index in [1.807, 2.05) is 162 Å². The zero-order valence-electron chi connectivity index (χ0n) is 46.0. The van der Waals surface area contributed by atoms with Crippen molar-refractivity contribution in [3.05, 3.63) is 296 Å². The van der Waals surface area contributed by atoms with Crippen molar-refractivity contribution in [2.75, 3.05) is 0 Å². The highest BCUT2D eigenvalue weighted by atomic mass is 19.4. The van der Waals surface area contributed by atoms with Crippen molar-refractivity contribution < 1.29 is 13.2 Å². The first-order valence-electron chi connectivity index (χ1n) is 28.3. The fourth-order valence-electron chi connectivity index (χ4n) is 12.1. The average Bonchev–Trinajstić information content (AvgIpc) is 1.75. The van der Waals surface area contributed by atoms with Crippen LogP contribution in [0.1, 0.15) is 11.1 Å². The van der Waals surface area contributed by atoms with Crippen LogP contribution in [0.2, 0.25) is 0 Å². The van der Waals surface area contributed by atoms with Gasteiger partial charge in [0.2, 0.25) is 0 Å². The molecule has 0 N–H and O–H groups in total. The van der Waals surface area contributed by atoms with E-state index in [2.05, 4.69) is 114 Å². The Morgan fingerprint density at radius 1 is 0.291 bits per heavy atom. The molecular formula is C77H47F3N6. The highest BCUT2D eigenvalue weighted by Gasteiger charge is 2.33. The van der Waals surface area contributed by atoms with Crippen LogP contribution in [0.5, 0.6) is 0 Å². The third kappa shape index (κ3) is 9.14. The molecule has 3 aromatic heterocycles. The van der Waals surface area contributed by atoms with Gasteiger partial charge in [-0.15, -0.1) is 0 Å². The van der Waals surface area contributed by atoms with Crippen molar-refractivity contribution >= 4 is 43.6 Å². The van der Waals surface area contributed by atoms with Crippen molar-refractivity contribution in [1.29, 1.82) is 5.26 Å². The molecule has 0 amide bonds. The smallest absolute Gasteiger partial charge is 0.308 e. The summed E-state index contributed by atoms with van der Waals surface area (Å²) in [6.45, 7) is 0. The molecule has 0 saturated carbocycles. The number of rotatable bonds is 10. The number of hydrogen-bond donors (Lipinski definition) is 0. The Kier molecular flexibility index (Phi) is 12.6. The molecule has 0 radical (unpaired) electrons. The summed E-state index contributed by atoms with van der Waals surface area (Å²) in [7, 11) is 0.